The molecule has 2 aromatic carbocycles. The largest absolute Gasteiger partial charge is 0.398 e. The molecule has 3 nitrogen and oxygen atoms in total. The van der Waals surface area contributed by atoms with E-state index in [2.05, 4.69) is 20.8 Å². The molecule has 22 heavy (non-hydrogen) atoms. The van der Waals surface area contributed by atoms with Crippen molar-refractivity contribution in [3.63, 3.8) is 0 Å². The molecule has 0 aliphatic heterocycles. The Kier molecular flexibility index (Phi) is 4.86. The van der Waals surface area contributed by atoms with Gasteiger partial charge < -0.3 is 11.5 Å². The average Bonchev–Trinajstić information content (AvgIpc) is 2.49. The Morgan fingerprint density at radius 2 is 1.91 bits per heavy atom. The lowest BCUT2D eigenvalue weighted by molar-refractivity contribution is 0.560. The van der Waals surface area contributed by atoms with E-state index in [-0.39, 0.29) is 5.84 Å². The molecule has 115 valence electrons. The molecule has 0 aliphatic rings. The summed E-state index contributed by atoms with van der Waals surface area (Å²) in [7, 11) is 0. The topological polar surface area (TPSA) is 75.9 Å². The second kappa shape index (κ2) is 6.65. The van der Waals surface area contributed by atoms with Gasteiger partial charge in [-0.1, -0.05) is 50.6 Å². The lowest BCUT2D eigenvalue weighted by Crippen LogP contribution is -2.15. The molecule has 3 heteroatoms. The van der Waals surface area contributed by atoms with Crippen LogP contribution in [0.3, 0.4) is 0 Å². The van der Waals surface area contributed by atoms with Crippen LogP contribution in [0, 0.1) is 18.3 Å². The molecular formula is C19H24N3. The summed E-state index contributed by atoms with van der Waals surface area (Å²) in [5.41, 5.74) is 17.4. The van der Waals surface area contributed by atoms with E-state index in [4.69, 9.17) is 16.9 Å². The zero-order valence-electron chi connectivity index (χ0n) is 13.3. The number of nitrogens with one attached hydrogen (secondary N) is 1. The fraction of sp³-hybridized carbons (Fsp3) is 0.263. The van der Waals surface area contributed by atoms with Gasteiger partial charge in [0, 0.05) is 16.8 Å². The van der Waals surface area contributed by atoms with E-state index >= 15 is 0 Å². The van der Waals surface area contributed by atoms with Crippen LogP contribution in [0.5, 0.6) is 0 Å². The van der Waals surface area contributed by atoms with Gasteiger partial charge >= 0.3 is 0 Å². The summed E-state index contributed by atoms with van der Waals surface area (Å²) in [5.74, 6) is 0.593. The van der Waals surface area contributed by atoms with Gasteiger partial charge in [-0.2, -0.15) is 0 Å². The van der Waals surface area contributed by atoms with Gasteiger partial charge in [-0.15, -0.1) is 0 Å². The van der Waals surface area contributed by atoms with Gasteiger partial charge in [0.1, 0.15) is 5.84 Å². The highest BCUT2D eigenvalue weighted by atomic mass is 14.7. The van der Waals surface area contributed by atoms with Crippen LogP contribution in [0.2, 0.25) is 0 Å². The first-order chi connectivity index (χ1) is 10.5. The number of anilines is 1. The minimum atomic E-state index is 0.0589. The minimum absolute atomic E-state index is 0.0589. The summed E-state index contributed by atoms with van der Waals surface area (Å²) >= 11 is 0. The quantitative estimate of drug-likeness (QED) is 0.443. The summed E-state index contributed by atoms with van der Waals surface area (Å²) in [6, 6.07) is 11.5. The highest BCUT2D eigenvalue weighted by Crippen LogP contribution is 2.35. The lowest BCUT2D eigenvalue weighted by Gasteiger charge is -2.20. The third kappa shape index (κ3) is 3.14. The van der Waals surface area contributed by atoms with Crippen LogP contribution in [-0.4, -0.2) is 5.84 Å². The highest BCUT2D eigenvalue weighted by Gasteiger charge is 2.18. The molecule has 0 spiro atoms. The van der Waals surface area contributed by atoms with E-state index in [0.717, 1.165) is 40.7 Å². The van der Waals surface area contributed by atoms with E-state index in [1.54, 1.807) is 0 Å². The van der Waals surface area contributed by atoms with Crippen molar-refractivity contribution < 1.29 is 0 Å². The number of hydrogen-bond donors (Lipinski definition) is 3. The molecule has 1 unspecified atom stereocenters. The van der Waals surface area contributed by atoms with Crippen molar-refractivity contribution in [3.8, 4) is 11.1 Å². The van der Waals surface area contributed by atoms with Gasteiger partial charge in [0.2, 0.25) is 0 Å². The molecule has 0 saturated carbocycles. The average molecular weight is 294 g/mol. The van der Waals surface area contributed by atoms with E-state index in [0.29, 0.717) is 11.6 Å². The van der Waals surface area contributed by atoms with Crippen molar-refractivity contribution >= 4 is 11.5 Å². The number of benzene rings is 2. The predicted octanol–water partition coefficient (Wildman–Crippen LogP) is 3.99. The number of rotatable bonds is 5. The van der Waals surface area contributed by atoms with Gasteiger partial charge in [-0.3, -0.25) is 5.41 Å². The van der Waals surface area contributed by atoms with Crippen LogP contribution in [0.4, 0.5) is 5.69 Å². The first-order valence-electron chi connectivity index (χ1n) is 7.62. The van der Waals surface area contributed by atoms with Gasteiger partial charge in [0.25, 0.3) is 0 Å². The Morgan fingerprint density at radius 3 is 2.50 bits per heavy atom. The summed E-state index contributed by atoms with van der Waals surface area (Å²) in [5, 5.41) is 7.91. The zero-order valence-corrected chi connectivity index (χ0v) is 13.3. The third-order valence-electron chi connectivity index (χ3n) is 4.18. The van der Waals surface area contributed by atoms with Gasteiger partial charge in [0.15, 0.2) is 0 Å². The van der Waals surface area contributed by atoms with Crippen LogP contribution < -0.4 is 11.5 Å². The van der Waals surface area contributed by atoms with E-state index in [1.165, 1.54) is 0 Å². The molecule has 0 bridgehead atoms. The van der Waals surface area contributed by atoms with Crippen LogP contribution in [0.25, 0.3) is 11.1 Å². The second-order valence-corrected chi connectivity index (χ2v) is 5.84. The summed E-state index contributed by atoms with van der Waals surface area (Å²) < 4.78 is 0. The molecule has 1 radical (unpaired) electrons. The fourth-order valence-corrected chi connectivity index (χ4v) is 2.67. The standard InChI is InChI=1S/C19H24N3/c1-4-12(2)11-16-13(3)9-10-15(19(21)22)18(16)14-7-5-6-8-17(14)20/h5-10,12H,3-4,11,20H2,1-2H3,(H3,21,22). The van der Waals surface area contributed by atoms with Crippen molar-refractivity contribution in [3.05, 3.63) is 60.0 Å². The Morgan fingerprint density at radius 1 is 1.23 bits per heavy atom. The summed E-state index contributed by atoms with van der Waals surface area (Å²) in [4.78, 5) is 0. The maximum absolute atomic E-state index is 7.91. The number of nitrogens with two attached hydrogens (primary N) is 2. The molecule has 5 N–H and O–H groups in total. The summed E-state index contributed by atoms with van der Waals surface area (Å²) in [6.07, 6.45) is 1.99. The van der Waals surface area contributed by atoms with Crippen LogP contribution in [0.1, 0.15) is 37.0 Å². The number of nitrogen functional groups attached to an aromatic ring is 2. The fourth-order valence-electron chi connectivity index (χ4n) is 2.67. The molecule has 0 saturated heterocycles. The Hall–Kier alpha value is -2.29. The minimum Gasteiger partial charge on any atom is -0.398 e. The van der Waals surface area contributed by atoms with Crippen molar-refractivity contribution in [1.82, 2.24) is 0 Å². The van der Waals surface area contributed by atoms with Crippen LogP contribution in [0.15, 0.2) is 36.4 Å². The zero-order chi connectivity index (χ0) is 16.3. The number of para-hydroxylation sites is 1. The number of amidine groups is 1. The van der Waals surface area contributed by atoms with Gasteiger partial charge in [-0.25, -0.2) is 0 Å². The van der Waals surface area contributed by atoms with Crippen molar-refractivity contribution in [1.29, 1.82) is 5.41 Å². The van der Waals surface area contributed by atoms with Crippen molar-refractivity contribution in [2.75, 3.05) is 5.73 Å². The molecule has 0 aliphatic carbocycles. The third-order valence-corrected chi connectivity index (χ3v) is 4.18. The Balaban J connectivity index is 2.74. The van der Waals surface area contributed by atoms with E-state index < -0.39 is 0 Å². The molecule has 0 heterocycles. The lowest BCUT2D eigenvalue weighted by atomic mass is 9.85. The van der Waals surface area contributed by atoms with Crippen LogP contribution >= 0.6 is 0 Å². The number of hydrogen-bond acceptors (Lipinski definition) is 2. The highest BCUT2D eigenvalue weighted by molar-refractivity contribution is 6.04. The maximum atomic E-state index is 7.91. The molecule has 1 atom stereocenters. The van der Waals surface area contributed by atoms with E-state index in [9.17, 15) is 0 Å². The SMILES string of the molecule is [CH2]c1ccc(C(=N)N)c(-c2ccccc2N)c1CC(C)CC. The molecule has 0 fully saturated rings. The Bertz CT molecular complexity index is 689. The normalized spacial score (nSPS) is 12.1. The predicted molar refractivity (Wildman–Crippen MR) is 94.9 cm³/mol. The molecule has 2 aromatic rings. The molecule has 0 amide bonds. The molecule has 0 aromatic heterocycles. The maximum Gasteiger partial charge on any atom is 0.123 e. The van der Waals surface area contributed by atoms with Crippen LogP contribution in [-0.2, 0) is 6.42 Å². The van der Waals surface area contributed by atoms with Gasteiger partial charge in [0.05, 0.1) is 0 Å². The van der Waals surface area contributed by atoms with E-state index in [1.807, 2.05) is 36.4 Å². The first kappa shape index (κ1) is 16.1. The molecular weight excluding hydrogens is 270 g/mol. The molecule has 2 rings (SSSR count). The van der Waals surface area contributed by atoms with Crippen molar-refractivity contribution in [2.45, 2.75) is 26.7 Å². The van der Waals surface area contributed by atoms with Crippen molar-refractivity contribution in [2.24, 2.45) is 11.7 Å². The first-order valence-corrected chi connectivity index (χ1v) is 7.62. The second-order valence-electron chi connectivity index (χ2n) is 5.84. The van der Waals surface area contributed by atoms with Gasteiger partial charge in [-0.05, 0) is 42.0 Å². The summed E-state index contributed by atoms with van der Waals surface area (Å²) in [6.45, 7) is 8.57. The smallest absolute Gasteiger partial charge is 0.123 e. The monoisotopic (exact) mass is 294 g/mol. The Labute approximate surface area is 132 Å².